The molecule has 0 saturated carbocycles. The number of fused-ring (bicyclic) bond motifs is 1. The number of benzene rings is 2. The summed E-state index contributed by atoms with van der Waals surface area (Å²) in [5, 5.41) is 4.46. The Kier molecular flexibility index (Phi) is 2.79. The maximum Gasteiger partial charge on any atom is 0.0600 e. The monoisotopic (exact) mass is 257 g/mol. The zero-order chi connectivity index (χ0) is 12.6. The van der Waals surface area contributed by atoms with Crippen molar-refractivity contribution in [3.8, 4) is 0 Å². The molecule has 1 unspecified atom stereocenters. The van der Waals surface area contributed by atoms with Gasteiger partial charge in [0.2, 0.25) is 0 Å². The molecule has 0 amide bonds. The first-order chi connectivity index (χ1) is 8.67. The van der Waals surface area contributed by atoms with Crippen molar-refractivity contribution in [1.82, 2.24) is 0 Å². The van der Waals surface area contributed by atoms with Crippen LogP contribution in [0.2, 0.25) is 5.02 Å². The van der Waals surface area contributed by atoms with Crippen molar-refractivity contribution in [3.05, 3.63) is 64.7 Å². The summed E-state index contributed by atoms with van der Waals surface area (Å²) in [5.41, 5.74) is 3.95. The Bertz CT molecular complexity index is 562. The number of hydrogen-bond donors (Lipinski definition) is 1. The van der Waals surface area contributed by atoms with Gasteiger partial charge in [0.05, 0.1) is 5.54 Å². The van der Waals surface area contributed by atoms with Crippen molar-refractivity contribution in [1.29, 1.82) is 0 Å². The minimum absolute atomic E-state index is 0.00105. The summed E-state index contributed by atoms with van der Waals surface area (Å²) >= 11 is 5.96. The minimum Gasteiger partial charge on any atom is -0.376 e. The number of para-hydroxylation sites is 1. The lowest BCUT2D eigenvalue weighted by molar-refractivity contribution is 0.480. The lowest BCUT2D eigenvalue weighted by Gasteiger charge is -2.37. The van der Waals surface area contributed by atoms with E-state index in [0.29, 0.717) is 0 Å². The molecule has 0 bridgehead atoms. The molecule has 0 fully saturated rings. The van der Waals surface area contributed by atoms with Gasteiger partial charge in [0.25, 0.3) is 0 Å². The molecule has 18 heavy (non-hydrogen) atoms. The second-order valence-corrected chi connectivity index (χ2v) is 5.56. The molecule has 0 radical (unpaired) electrons. The van der Waals surface area contributed by atoms with Crippen LogP contribution in [0.3, 0.4) is 0 Å². The van der Waals surface area contributed by atoms with Gasteiger partial charge in [-0.1, -0.05) is 41.9 Å². The molecule has 2 aromatic carbocycles. The van der Waals surface area contributed by atoms with Gasteiger partial charge in [-0.3, -0.25) is 0 Å². The van der Waals surface area contributed by atoms with E-state index in [1.54, 1.807) is 0 Å². The number of hydrogen-bond acceptors (Lipinski definition) is 1. The van der Waals surface area contributed by atoms with Gasteiger partial charge in [0.15, 0.2) is 0 Å². The predicted molar refractivity (Wildman–Crippen MR) is 77.2 cm³/mol. The molecule has 0 aliphatic carbocycles. The average molecular weight is 258 g/mol. The van der Waals surface area contributed by atoms with Crippen LogP contribution >= 0.6 is 11.6 Å². The number of rotatable bonds is 1. The molecule has 1 nitrogen and oxygen atoms in total. The summed E-state index contributed by atoms with van der Waals surface area (Å²) in [6.07, 6.45) is 2.22. The Hall–Kier alpha value is -1.47. The first kappa shape index (κ1) is 11.6. The lowest BCUT2D eigenvalue weighted by atomic mass is 9.82. The lowest BCUT2D eigenvalue weighted by Crippen LogP contribution is -2.35. The van der Waals surface area contributed by atoms with Gasteiger partial charge in [-0.2, -0.15) is 0 Å². The van der Waals surface area contributed by atoms with Crippen LogP contribution in [0.1, 0.15) is 24.5 Å². The van der Waals surface area contributed by atoms with Gasteiger partial charge in [-0.25, -0.2) is 0 Å². The third-order valence-corrected chi connectivity index (χ3v) is 4.06. The van der Waals surface area contributed by atoms with Crippen LogP contribution in [0.5, 0.6) is 0 Å². The molecule has 1 N–H and O–H groups in total. The van der Waals surface area contributed by atoms with Crippen molar-refractivity contribution in [2.45, 2.75) is 25.3 Å². The SMILES string of the molecule is CC1(c2ccc(Cl)cc2)CCc2ccccc2N1. The Labute approximate surface area is 113 Å². The largest absolute Gasteiger partial charge is 0.376 e. The van der Waals surface area contributed by atoms with Crippen LogP contribution < -0.4 is 5.32 Å². The number of anilines is 1. The van der Waals surface area contributed by atoms with Crippen LogP contribution in [0.4, 0.5) is 5.69 Å². The third kappa shape index (κ3) is 1.99. The number of nitrogens with one attached hydrogen (secondary N) is 1. The Morgan fingerprint density at radius 1 is 1.06 bits per heavy atom. The molecule has 1 aliphatic rings. The second-order valence-electron chi connectivity index (χ2n) is 5.12. The Balaban J connectivity index is 1.96. The first-order valence-corrected chi connectivity index (χ1v) is 6.67. The molecule has 1 heterocycles. The first-order valence-electron chi connectivity index (χ1n) is 6.29. The zero-order valence-electron chi connectivity index (χ0n) is 10.4. The van der Waals surface area contributed by atoms with Gasteiger partial charge in [0, 0.05) is 10.7 Å². The molecular weight excluding hydrogens is 242 g/mol. The highest BCUT2D eigenvalue weighted by molar-refractivity contribution is 6.30. The van der Waals surface area contributed by atoms with Crippen LogP contribution in [-0.2, 0) is 12.0 Å². The van der Waals surface area contributed by atoms with Gasteiger partial charge in [0.1, 0.15) is 0 Å². The quantitative estimate of drug-likeness (QED) is 0.786. The molecule has 1 aliphatic heterocycles. The molecule has 0 aromatic heterocycles. The fraction of sp³-hybridized carbons (Fsp3) is 0.250. The van der Waals surface area contributed by atoms with E-state index in [9.17, 15) is 0 Å². The van der Waals surface area contributed by atoms with Gasteiger partial charge in [-0.15, -0.1) is 0 Å². The van der Waals surface area contributed by atoms with E-state index in [4.69, 9.17) is 11.6 Å². The molecule has 0 saturated heterocycles. The van der Waals surface area contributed by atoms with E-state index in [1.807, 2.05) is 12.1 Å². The molecule has 3 rings (SSSR count). The normalized spacial score (nSPS) is 22.1. The molecular formula is C16H16ClN. The van der Waals surface area contributed by atoms with Crippen LogP contribution in [0.15, 0.2) is 48.5 Å². The zero-order valence-corrected chi connectivity index (χ0v) is 11.2. The second kappa shape index (κ2) is 4.33. The highest BCUT2D eigenvalue weighted by Gasteiger charge is 2.30. The third-order valence-electron chi connectivity index (χ3n) is 3.80. The van der Waals surface area contributed by atoms with Crippen molar-refractivity contribution < 1.29 is 0 Å². The summed E-state index contributed by atoms with van der Waals surface area (Å²) in [6.45, 7) is 2.26. The number of halogens is 1. The highest BCUT2D eigenvalue weighted by atomic mass is 35.5. The van der Waals surface area contributed by atoms with E-state index in [0.717, 1.165) is 17.9 Å². The van der Waals surface area contributed by atoms with E-state index < -0.39 is 0 Å². The fourth-order valence-electron chi connectivity index (χ4n) is 2.64. The summed E-state index contributed by atoms with van der Waals surface area (Å²) in [6, 6.07) is 16.7. The van der Waals surface area contributed by atoms with Gasteiger partial charge >= 0.3 is 0 Å². The van der Waals surface area contributed by atoms with Crippen molar-refractivity contribution in [2.24, 2.45) is 0 Å². The molecule has 2 aromatic rings. The molecule has 92 valence electrons. The molecule has 0 spiro atoms. The van der Waals surface area contributed by atoms with Crippen molar-refractivity contribution >= 4 is 17.3 Å². The van der Waals surface area contributed by atoms with Crippen LogP contribution in [0.25, 0.3) is 0 Å². The maximum atomic E-state index is 5.96. The van der Waals surface area contributed by atoms with Gasteiger partial charge in [-0.05, 0) is 49.1 Å². The smallest absolute Gasteiger partial charge is 0.0600 e. The standard InChI is InChI=1S/C16H16ClN/c1-16(13-6-8-14(17)9-7-13)11-10-12-4-2-3-5-15(12)18-16/h2-9,18H,10-11H2,1H3. The maximum absolute atomic E-state index is 5.96. The Morgan fingerprint density at radius 2 is 1.78 bits per heavy atom. The van der Waals surface area contributed by atoms with Crippen LogP contribution in [-0.4, -0.2) is 0 Å². The average Bonchev–Trinajstić information content (AvgIpc) is 2.39. The van der Waals surface area contributed by atoms with Crippen LogP contribution in [0, 0.1) is 0 Å². The minimum atomic E-state index is -0.00105. The summed E-state index contributed by atoms with van der Waals surface area (Å²) < 4.78 is 0. The molecule has 1 atom stereocenters. The molecule has 2 heteroatoms. The Morgan fingerprint density at radius 3 is 2.56 bits per heavy atom. The van der Waals surface area contributed by atoms with Crippen molar-refractivity contribution in [2.75, 3.05) is 5.32 Å². The summed E-state index contributed by atoms with van der Waals surface area (Å²) in [4.78, 5) is 0. The predicted octanol–water partition coefficient (Wildman–Crippen LogP) is 4.61. The topological polar surface area (TPSA) is 12.0 Å². The van der Waals surface area contributed by atoms with Crippen molar-refractivity contribution in [3.63, 3.8) is 0 Å². The van der Waals surface area contributed by atoms with E-state index in [1.165, 1.54) is 16.8 Å². The van der Waals surface area contributed by atoms with E-state index in [-0.39, 0.29) is 5.54 Å². The summed E-state index contributed by atoms with van der Waals surface area (Å²) in [5.74, 6) is 0. The fourth-order valence-corrected chi connectivity index (χ4v) is 2.76. The number of aryl methyl sites for hydroxylation is 1. The van der Waals surface area contributed by atoms with E-state index >= 15 is 0 Å². The van der Waals surface area contributed by atoms with E-state index in [2.05, 4.69) is 48.6 Å². The highest BCUT2D eigenvalue weighted by Crippen LogP contribution is 2.37. The summed E-state index contributed by atoms with van der Waals surface area (Å²) in [7, 11) is 0. The van der Waals surface area contributed by atoms with Gasteiger partial charge < -0.3 is 5.32 Å².